The van der Waals surface area contributed by atoms with Crippen LogP contribution >= 0.6 is 0 Å². The summed E-state index contributed by atoms with van der Waals surface area (Å²) in [5, 5.41) is 56.7. The van der Waals surface area contributed by atoms with Gasteiger partial charge < -0.3 is 44.8 Å². The van der Waals surface area contributed by atoms with Gasteiger partial charge in [0.05, 0.1) is 13.2 Å². The number of hydrogen-bond acceptors (Lipinski definition) is 9. The molecule has 0 radical (unpaired) electrons. The van der Waals surface area contributed by atoms with Crippen molar-refractivity contribution in [3.63, 3.8) is 0 Å². The van der Waals surface area contributed by atoms with Crippen molar-refractivity contribution >= 4 is 0 Å². The number of rotatable bonds is 3. The van der Waals surface area contributed by atoms with Crippen molar-refractivity contribution < 1.29 is 44.8 Å². The molecule has 9 nitrogen and oxygen atoms in total. The van der Waals surface area contributed by atoms with Crippen LogP contribution in [0.5, 0.6) is 0 Å². The monoisotopic (exact) mass is 282 g/mol. The molecule has 2 aliphatic heterocycles. The second kappa shape index (κ2) is 5.95. The first-order valence-corrected chi connectivity index (χ1v) is 5.89. The Kier molecular flexibility index (Phi) is 4.71. The Balaban J connectivity index is 2.00. The van der Waals surface area contributed by atoms with E-state index in [-0.39, 0.29) is 6.61 Å². The minimum atomic E-state index is -1.52. The topological polar surface area (TPSA) is 149 Å². The summed E-state index contributed by atoms with van der Waals surface area (Å²) in [4.78, 5) is 0. The molecule has 19 heavy (non-hydrogen) atoms. The molecule has 2 aliphatic rings. The van der Waals surface area contributed by atoms with Gasteiger partial charge in [-0.3, -0.25) is 0 Å². The maximum Gasteiger partial charge on any atom is 0.187 e. The Morgan fingerprint density at radius 2 is 1.68 bits per heavy atom. The van der Waals surface area contributed by atoms with Crippen LogP contribution in [-0.4, -0.2) is 93.1 Å². The zero-order chi connectivity index (χ0) is 14.2. The number of ether oxygens (including phenoxy) is 3. The van der Waals surface area contributed by atoms with Gasteiger partial charge in [0, 0.05) is 0 Å². The number of aliphatic hydroxyl groups is 6. The average molecular weight is 282 g/mol. The predicted octanol–water partition coefficient (Wildman–Crippen LogP) is -4.12. The van der Waals surface area contributed by atoms with Gasteiger partial charge in [0.25, 0.3) is 0 Å². The van der Waals surface area contributed by atoms with Crippen LogP contribution in [0, 0.1) is 0 Å². The Hall–Kier alpha value is -0.360. The smallest absolute Gasteiger partial charge is 0.187 e. The van der Waals surface area contributed by atoms with Gasteiger partial charge in [-0.15, -0.1) is 0 Å². The van der Waals surface area contributed by atoms with E-state index < -0.39 is 55.8 Å². The molecule has 2 saturated heterocycles. The highest BCUT2D eigenvalue weighted by atomic mass is 16.7. The van der Waals surface area contributed by atoms with Crippen molar-refractivity contribution in [2.45, 2.75) is 49.2 Å². The third-order valence-electron chi connectivity index (χ3n) is 3.24. The first kappa shape index (κ1) is 15.0. The van der Waals surface area contributed by atoms with Gasteiger partial charge in [0.15, 0.2) is 12.6 Å². The lowest BCUT2D eigenvalue weighted by atomic mass is 10.0. The molecule has 8 atom stereocenters. The summed E-state index contributed by atoms with van der Waals surface area (Å²) in [5.74, 6) is 0. The summed E-state index contributed by atoms with van der Waals surface area (Å²) >= 11 is 0. The van der Waals surface area contributed by atoms with Crippen molar-refractivity contribution in [1.82, 2.24) is 0 Å². The Morgan fingerprint density at radius 3 is 2.26 bits per heavy atom. The van der Waals surface area contributed by atoms with E-state index in [1.807, 2.05) is 0 Å². The Labute approximate surface area is 108 Å². The average Bonchev–Trinajstić information content (AvgIpc) is 2.66. The summed E-state index contributed by atoms with van der Waals surface area (Å²) in [6.07, 6.45) is -10.6. The first-order valence-electron chi connectivity index (χ1n) is 5.89. The first-order chi connectivity index (χ1) is 8.95. The second-order valence-corrected chi connectivity index (χ2v) is 4.59. The predicted molar refractivity (Wildman–Crippen MR) is 56.6 cm³/mol. The van der Waals surface area contributed by atoms with Crippen molar-refractivity contribution in [2.75, 3.05) is 13.2 Å². The van der Waals surface area contributed by atoms with Crippen molar-refractivity contribution in [1.29, 1.82) is 0 Å². The van der Waals surface area contributed by atoms with E-state index in [9.17, 15) is 25.5 Å². The molecule has 0 aromatic heterocycles. The van der Waals surface area contributed by atoms with Crippen molar-refractivity contribution in [3.05, 3.63) is 0 Å². The number of aliphatic hydroxyl groups excluding tert-OH is 6. The van der Waals surface area contributed by atoms with E-state index >= 15 is 0 Å². The molecule has 112 valence electrons. The molecule has 0 aliphatic carbocycles. The lowest BCUT2D eigenvalue weighted by Gasteiger charge is -2.36. The van der Waals surface area contributed by atoms with E-state index in [1.54, 1.807) is 0 Å². The summed E-state index contributed by atoms with van der Waals surface area (Å²) in [5.41, 5.74) is 0. The second-order valence-electron chi connectivity index (χ2n) is 4.59. The Morgan fingerprint density at radius 1 is 1.00 bits per heavy atom. The lowest BCUT2D eigenvalue weighted by molar-refractivity contribution is -0.298. The van der Waals surface area contributed by atoms with Crippen LogP contribution in [0.3, 0.4) is 0 Å². The normalized spacial score (nSPS) is 51.5. The molecule has 6 N–H and O–H groups in total. The summed E-state index contributed by atoms with van der Waals surface area (Å²) in [6, 6.07) is 0. The minimum Gasteiger partial charge on any atom is -0.394 e. The lowest BCUT2D eigenvalue weighted by Crippen LogP contribution is -2.56. The van der Waals surface area contributed by atoms with Gasteiger partial charge in [-0.2, -0.15) is 0 Å². The quantitative estimate of drug-likeness (QED) is 0.303. The van der Waals surface area contributed by atoms with E-state index in [0.29, 0.717) is 0 Å². The van der Waals surface area contributed by atoms with Crippen LogP contribution in [-0.2, 0) is 14.2 Å². The molecule has 0 unspecified atom stereocenters. The van der Waals surface area contributed by atoms with Gasteiger partial charge in [-0.05, 0) is 0 Å². The van der Waals surface area contributed by atoms with Crippen LogP contribution in [0.2, 0.25) is 0 Å². The van der Waals surface area contributed by atoms with Crippen LogP contribution < -0.4 is 0 Å². The number of hydrogen-bond donors (Lipinski definition) is 6. The van der Waals surface area contributed by atoms with Crippen LogP contribution in [0.4, 0.5) is 0 Å². The molecule has 0 spiro atoms. The van der Waals surface area contributed by atoms with Crippen LogP contribution in [0.1, 0.15) is 0 Å². The van der Waals surface area contributed by atoms with Crippen LogP contribution in [0.15, 0.2) is 0 Å². The van der Waals surface area contributed by atoms with E-state index in [1.165, 1.54) is 0 Å². The highest BCUT2D eigenvalue weighted by Gasteiger charge is 2.47. The third-order valence-corrected chi connectivity index (χ3v) is 3.24. The van der Waals surface area contributed by atoms with Gasteiger partial charge in [-0.1, -0.05) is 0 Å². The molecule has 9 heteroatoms. The highest BCUT2D eigenvalue weighted by molar-refractivity contribution is 4.90. The summed E-state index contributed by atoms with van der Waals surface area (Å²) < 4.78 is 14.9. The fourth-order valence-electron chi connectivity index (χ4n) is 2.08. The molecule has 2 heterocycles. The Bertz CT molecular complexity index is 301. The maximum atomic E-state index is 9.66. The van der Waals surface area contributed by atoms with E-state index in [4.69, 9.17) is 14.6 Å². The molecular formula is C10H18O9. The zero-order valence-corrected chi connectivity index (χ0v) is 9.94. The zero-order valence-electron chi connectivity index (χ0n) is 9.94. The molecule has 0 aromatic carbocycles. The van der Waals surface area contributed by atoms with E-state index in [0.717, 1.165) is 0 Å². The largest absolute Gasteiger partial charge is 0.394 e. The van der Waals surface area contributed by atoms with Gasteiger partial charge >= 0.3 is 0 Å². The minimum absolute atomic E-state index is 0.252. The summed E-state index contributed by atoms with van der Waals surface area (Å²) in [6.45, 7) is -0.767. The fourth-order valence-corrected chi connectivity index (χ4v) is 2.08. The third kappa shape index (κ3) is 2.89. The fraction of sp³-hybridized carbons (Fsp3) is 1.00. The molecule has 0 amide bonds. The van der Waals surface area contributed by atoms with E-state index in [2.05, 4.69) is 4.74 Å². The standard InChI is InChI=1S/C10H18O9/c11-1-4-5(13)6(14)10(18-4)19-8-3(12)2-17-9(16)7(8)15/h3-16H,1-2H2/t3-,4+,5+,6-,7-,8+,9+,10+/m1/s1. The highest BCUT2D eigenvalue weighted by Crippen LogP contribution is 2.26. The SMILES string of the molecule is OC[C@@H]1O[C@@H](O[C@@H]2[C@@H](O)[C@@H](O)OC[C@H]2O)[C@H](O)[C@H]1O. The molecule has 2 rings (SSSR count). The van der Waals surface area contributed by atoms with Gasteiger partial charge in [-0.25, -0.2) is 0 Å². The molecule has 2 fully saturated rings. The van der Waals surface area contributed by atoms with Gasteiger partial charge in [0.1, 0.15) is 36.6 Å². The molecular weight excluding hydrogens is 264 g/mol. The van der Waals surface area contributed by atoms with Gasteiger partial charge in [0.2, 0.25) is 0 Å². The molecule has 0 aromatic rings. The summed E-state index contributed by atoms with van der Waals surface area (Å²) in [7, 11) is 0. The molecule has 0 saturated carbocycles. The maximum absolute atomic E-state index is 9.66. The molecule has 0 bridgehead atoms. The van der Waals surface area contributed by atoms with Crippen molar-refractivity contribution in [2.24, 2.45) is 0 Å². The van der Waals surface area contributed by atoms with Crippen molar-refractivity contribution in [3.8, 4) is 0 Å². The van der Waals surface area contributed by atoms with Crippen LogP contribution in [0.25, 0.3) is 0 Å².